The Kier molecular flexibility index (Phi) is 5.56. The molecule has 1 aromatic rings. The fourth-order valence-corrected chi connectivity index (χ4v) is 2.27. The van der Waals surface area contributed by atoms with Crippen LogP contribution in [0.3, 0.4) is 0 Å². The number of nitrogens with one attached hydrogen (secondary N) is 1. The quantitative estimate of drug-likeness (QED) is 0.819. The Morgan fingerprint density at radius 2 is 2.05 bits per heavy atom. The Bertz CT molecular complexity index is 393. The fourth-order valence-electron chi connectivity index (χ4n) is 2.27. The predicted octanol–water partition coefficient (Wildman–Crippen LogP) is 1.98. The first kappa shape index (κ1) is 16.2. The smallest absolute Gasteiger partial charge is 0.0596 e. The predicted molar refractivity (Wildman–Crippen MR) is 81.5 cm³/mol. The van der Waals surface area contributed by atoms with E-state index in [2.05, 4.69) is 63.2 Å². The van der Waals surface area contributed by atoms with Gasteiger partial charge in [0.2, 0.25) is 0 Å². The third-order valence-electron chi connectivity index (χ3n) is 4.16. The van der Waals surface area contributed by atoms with Crippen LogP contribution in [0.2, 0.25) is 0 Å². The van der Waals surface area contributed by atoms with E-state index in [1.807, 2.05) is 11.7 Å². The van der Waals surface area contributed by atoms with Crippen molar-refractivity contribution in [1.29, 1.82) is 0 Å². The van der Waals surface area contributed by atoms with Crippen molar-refractivity contribution in [1.82, 2.24) is 20.0 Å². The maximum Gasteiger partial charge on any atom is 0.0596 e. The van der Waals surface area contributed by atoms with Crippen molar-refractivity contribution in [2.45, 2.75) is 52.1 Å². The van der Waals surface area contributed by atoms with Crippen molar-refractivity contribution in [2.75, 3.05) is 20.6 Å². The summed E-state index contributed by atoms with van der Waals surface area (Å²) in [6.45, 7) is 9.90. The van der Waals surface area contributed by atoms with Crippen LogP contribution in [0, 0.1) is 6.92 Å². The topological polar surface area (TPSA) is 33.1 Å². The van der Waals surface area contributed by atoms with Crippen LogP contribution in [-0.2, 0) is 13.5 Å². The molecule has 0 radical (unpaired) electrons. The normalized spacial score (nSPS) is 14.1. The second kappa shape index (κ2) is 6.53. The van der Waals surface area contributed by atoms with Gasteiger partial charge in [-0.05, 0) is 53.9 Å². The average molecular weight is 266 g/mol. The first-order chi connectivity index (χ1) is 8.78. The van der Waals surface area contributed by atoms with Gasteiger partial charge in [0.15, 0.2) is 0 Å². The summed E-state index contributed by atoms with van der Waals surface area (Å²) < 4.78 is 2.00. The lowest BCUT2D eigenvalue weighted by molar-refractivity contribution is 0.136. The number of nitrogens with zero attached hydrogens (tertiary/aromatic N) is 3. The lowest BCUT2D eigenvalue weighted by atomic mass is 9.89. The van der Waals surface area contributed by atoms with E-state index in [4.69, 9.17) is 0 Å². The molecule has 4 heteroatoms. The maximum absolute atomic E-state index is 4.45. The van der Waals surface area contributed by atoms with E-state index in [0.717, 1.165) is 25.1 Å². The van der Waals surface area contributed by atoms with Crippen molar-refractivity contribution >= 4 is 0 Å². The van der Waals surface area contributed by atoms with Crippen LogP contribution in [0.15, 0.2) is 6.07 Å². The van der Waals surface area contributed by atoms with Crippen LogP contribution in [0.1, 0.15) is 38.6 Å². The molecule has 0 aliphatic carbocycles. The Morgan fingerprint density at radius 3 is 2.47 bits per heavy atom. The fraction of sp³-hybridized carbons (Fsp3) is 0.800. The standard InChI is InChI=1S/C15H30N4/c1-8-9-16-14(15(3,4)18(5)6)11-13-10-12(2)17-19(13)7/h10,14,16H,8-9,11H2,1-7H3. The molecule has 0 saturated carbocycles. The second-order valence-electron chi connectivity index (χ2n) is 6.16. The van der Waals surface area contributed by atoms with Crippen molar-refractivity contribution in [2.24, 2.45) is 7.05 Å². The van der Waals surface area contributed by atoms with Gasteiger partial charge in [-0.25, -0.2) is 0 Å². The zero-order chi connectivity index (χ0) is 14.6. The Morgan fingerprint density at radius 1 is 1.42 bits per heavy atom. The highest BCUT2D eigenvalue weighted by atomic mass is 15.3. The molecule has 1 heterocycles. The number of likely N-dealkylation sites (N-methyl/N-ethyl adjacent to an activating group) is 1. The molecule has 19 heavy (non-hydrogen) atoms. The molecule has 0 fully saturated rings. The second-order valence-corrected chi connectivity index (χ2v) is 6.16. The summed E-state index contributed by atoms with van der Waals surface area (Å²) in [4.78, 5) is 2.30. The minimum absolute atomic E-state index is 0.105. The largest absolute Gasteiger partial charge is 0.312 e. The summed E-state index contributed by atoms with van der Waals surface area (Å²) in [5, 5.41) is 8.14. The molecule has 110 valence electrons. The molecule has 0 spiro atoms. The van der Waals surface area contributed by atoms with Gasteiger partial charge in [-0.2, -0.15) is 5.10 Å². The minimum Gasteiger partial charge on any atom is -0.312 e. The van der Waals surface area contributed by atoms with E-state index >= 15 is 0 Å². The molecule has 0 aliphatic rings. The zero-order valence-corrected chi connectivity index (χ0v) is 13.6. The molecule has 1 aromatic heterocycles. The Labute approximate surface area is 118 Å². The minimum atomic E-state index is 0.105. The summed E-state index contributed by atoms with van der Waals surface area (Å²) >= 11 is 0. The van der Waals surface area contributed by atoms with Crippen LogP contribution in [-0.4, -0.2) is 46.9 Å². The number of aromatic nitrogens is 2. The number of aryl methyl sites for hydroxylation is 2. The van der Waals surface area contributed by atoms with Crippen LogP contribution < -0.4 is 5.32 Å². The van der Waals surface area contributed by atoms with Crippen molar-refractivity contribution in [3.05, 3.63) is 17.5 Å². The van der Waals surface area contributed by atoms with Gasteiger partial charge < -0.3 is 10.2 Å². The molecular weight excluding hydrogens is 236 g/mol. The average Bonchev–Trinajstić information content (AvgIpc) is 2.62. The molecule has 0 saturated heterocycles. The molecule has 1 rings (SSSR count). The molecule has 4 nitrogen and oxygen atoms in total. The van der Waals surface area contributed by atoms with Crippen molar-refractivity contribution in [3.8, 4) is 0 Å². The van der Waals surface area contributed by atoms with Crippen molar-refractivity contribution in [3.63, 3.8) is 0 Å². The molecule has 1 atom stereocenters. The maximum atomic E-state index is 4.45. The van der Waals surface area contributed by atoms with E-state index in [-0.39, 0.29) is 5.54 Å². The lowest BCUT2D eigenvalue weighted by Crippen LogP contribution is -2.56. The summed E-state index contributed by atoms with van der Waals surface area (Å²) in [6, 6.07) is 2.60. The lowest BCUT2D eigenvalue weighted by Gasteiger charge is -2.41. The molecule has 1 unspecified atom stereocenters. The number of hydrogen-bond donors (Lipinski definition) is 1. The van der Waals surface area contributed by atoms with Gasteiger partial charge in [-0.3, -0.25) is 4.68 Å². The molecular formula is C15H30N4. The van der Waals surface area contributed by atoms with Gasteiger partial charge in [0.25, 0.3) is 0 Å². The van der Waals surface area contributed by atoms with E-state index in [9.17, 15) is 0 Å². The molecule has 1 N–H and O–H groups in total. The third kappa shape index (κ3) is 4.05. The van der Waals surface area contributed by atoms with Gasteiger partial charge in [0.1, 0.15) is 0 Å². The van der Waals surface area contributed by atoms with Crippen molar-refractivity contribution < 1.29 is 0 Å². The van der Waals surface area contributed by atoms with Gasteiger partial charge in [-0.1, -0.05) is 6.92 Å². The van der Waals surface area contributed by atoms with Crippen LogP contribution in [0.25, 0.3) is 0 Å². The molecule has 0 aromatic carbocycles. The van der Waals surface area contributed by atoms with Crippen LogP contribution in [0.5, 0.6) is 0 Å². The summed E-state index contributed by atoms with van der Waals surface area (Å²) in [7, 11) is 6.33. The number of rotatable bonds is 7. The van der Waals surface area contributed by atoms with Crippen LogP contribution >= 0.6 is 0 Å². The van der Waals surface area contributed by atoms with E-state index in [1.54, 1.807) is 0 Å². The third-order valence-corrected chi connectivity index (χ3v) is 4.16. The summed E-state index contributed by atoms with van der Waals surface area (Å²) in [5.74, 6) is 0. The van der Waals surface area contributed by atoms with E-state index in [1.165, 1.54) is 5.69 Å². The van der Waals surface area contributed by atoms with Gasteiger partial charge in [0.05, 0.1) is 5.69 Å². The number of hydrogen-bond acceptors (Lipinski definition) is 3. The SMILES string of the molecule is CCCNC(Cc1cc(C)nn1C)C(C)(C)N(C)C. The first-order valence-corrected chi connectivity index (χ1v) is 7.19. The Balaban J connectivity index is 2.88. The monoisotopic (exact) mass is 266 g/mol. The van der Waals surface area contributed by atoms with E-state index in [0.29, 0.717) is 6.04 Å². The highest BCUT2D eigenvalue weighted by Gasteiger charge is 2.31. The van der Waals surface area contributed by atoms with Crippen LogP contribution in [0.4, 0.5) is 0 Å². The van der Waals surface area contributed by atoms with Gasteiger partial charge in [-0.15, -0.1) is 0 Å². The first-order valence-electron chi connectivity index (χ1n) is 7.19. The Hall–Kier alpha value is -0.870. The summed E-state index contributed by atoms with van der Waals surface area (Å²) in [6.07, 6.45) is 2.16. The summed E-state index contributed by atoms with van der Waals surface area (Å²) in [5.41, 5.74) is 2.49. The van der Waals surface area contributed by atoms with E-state index < -0.39 is 0 Å². The molecule has 0 amide bonds. The molecule has 0 bridgehead atoms. The zero-order valence-electron chi connectivity index (χ0n) is 13.6. The highest BCUT2D eigenvalue weighted by molar-refractivity contribution is 5.12. The van der Waals surface area contributed by atoms with Gasteiger partial charge >= 0.3 is 0 Å². The highest BCUT2D eigenvalue weighted by Crippen LogP contribution is 2.20. The molecule has 0 aliphatic heterocycles. The van der Waals surface area contributed by atoms with Gasteiger partial charge in [0, 0.05) is 30.7 Å².